The minimum Gasteiger partial charge on any atom is -0.457 e. The van der Waals surface area contributed by atoms with Gasteiger partial charge in [-0.05, 0) is 54.1 Å². The zero-order valence-electron chi connectivity index (χ0n) is 13.5. The standard InChI is InChI=1S/C20H14F3NO2/c21-14-6-10-16(11-7-14)26-15-8-4-13(5-9-15)12-24-20(25)19-17(22)2-1-3-18(19)23/h1-11H,12H2,(H,24,25). The summed E-state index contributed by atoms with van der Waals surface area (Å²) in [5.74, 6) is -1.98. The molecule has 0 saturated carbocycles. The monoisotopic (exact) mass is 357 g/mol. The second kappa shape index (κ2) is 7.74. The summed E-state index contributed by atoms with van der Waals surface area (Å²) in [4.78, 5) is 11.9. The van der Waals surface area contributed by atoms with Gasteiger partial charge in [0.15, 0.2) is 0 Å². The molecule has 1 N–H and O–H groups in total. The molecule has 0 aromatic heterocycles. The van der Waals surface area contributed by atoms with Gasteiger partial charge < -0.3 is 10.1 Å². The lowest BCUT2D eigenvalue weighted by molar-refractivity contribution is 0.0942. The Kier molecular flexibility index (Phi) is 5.22. The smallest absolute Gasteiger partial charge is 0.257 e. The van der Waals surface area contributed by atoms with Gasteiger partial charge in [0.25, 0.3) is 5.91 Å². The fourth-order valence-corrected chi connectivity index (χ4v) is 2.30. The largest absolute Gasteiger partial charge is 0.457 e. The SMILES string of the molecule is O=C(NCc1ccc(Oc2ccc(F)cc2)cc1)c1c(F)cccc1F. The molecule has 0 saturated heterocycles. The maximum atomic E-state index is 13.6. The minimum atomic E-state index is -0.912. The topological polar surface area (TPSA) is 38.3 Å². The van der Waals surface area contributed by atoms with E-state index in [9.17, 15) is 18.0 Å². The molecule has 0 spiro atoms. The molecule has 3 aromatic rings. The summed E-state index contributed by atoms with van der Waals surface area (Å²) in [7, 11) is 0. The van der Waals surface area contributed by atoms with E-state index in [1.807, 2.05) is 0 Å². The van der Waals surface area contributed by atoms with Crippen LogP contribution >= 0.6 is 0 Å². The molecule has 0 fully saturated rings. The first-order chi connectivity index (χ1) is 12.5. The lowest BCUT2D eigenvalue weighted by atomic mass is 10.1. The van der Waals surface area contributed by atoms with Crippen LogP contribution in [0.2, 0.25) is 0 Å². The van der Waals surface area contributed by atoms with Gasteiger partial charge >= 0.3 is 0 Å². The van der Waals surface area contributed by atoms with Crippen molar-refractivity contribution in [3.8, 4) is 11.5 Å². The summed E-state index contributed by atoms with van der Waals surface area (Å²) < 4.78 is 45.6. The fourth-order valence-electron chi connectivity index (χ4n) is 2.30. The third kappa shape index (κ3) is 4.22. The molecule has 0 heterocycles. The molecule has 0 aliphatic rings. The Balaban J connectivity index is 1.61. The van der Waals surface area contributed by atoms with Gasteiger partial charge in [-0.15, -0.1) is 0 Å². The number of benzene rings is 3. The number of hydrogen-bond acceptors (Lipinski definition) is 2. The predicted octanol–water partition coefficient (Wildman–Crippen LogP) is 4.83. The average Bonchev–Trinajstić information content (AvgIpc) is 2.63. The van der Waals surface area contributed by atoms with E-state index in [2.05, 4.69) is 5.32 Å². The summed E-state index contributed by atoms with van der Waals surface area (Å²) in [6, 6.07) is 15.6. The van der Waals surface area contributed by atoms with E-state index in [0.717, 1.165) is 17.7 Å². The Morgan fingerprint density at radius 2 is 1.35 bits per heavy atom. The van der Waals surface area contributed by atoms with E-state index >= 15 is 0 Å². The lowest BCUT2D eigenvalue weighted by Crippen LogP contribution is -2.25. The highest BCUT2D eigenvalue weighted by Crippen LogP contribution is 2.22. The van der Waals surface area contributed by atoms with Crippen LogP contribution in [0.4, 0.5) is 13.2 Å². The molecule has 26 heavy (non-hydrogen) atoms. The molecule has 1 amide bonds. The first-order valence-corrected chi connectivity index (χ1v) is 7.77. The Morgan fingerprint density at radius 1 is 0.808 bits per heavy atom. The summed E-state index contributed by atoms with van der Waals surface area (Å²) in [6.07, 6.45) is 0. The second-order valence-electron chi connectivity index (χ2n) is 5.48. The highest BCUT2D eigenvalue weighted by atomic mass is 19.1. The first-order valence-electron chi connectivity index (χ1n) is 7.77. The lowest BCUT2D eigenvalue weighted by Gasteiger charge is -2.09. The number of hydrogen-bond donors (Lipinski definition) is 1. The first kappa shape index (κ1) is 17.5. The van der Waals surface area contributed by atoms with Crippen LogP contribution in [-0.4, -0.2) is 5.91 Å². The third-order valence-corrected chi connectivity index (χ3v) is 3.62. The van der Waals surface area contributed by atoms with Crippen LogP contribution in [0, 0.1) is 17.5 Å². The van der Waals surface area contributed by atoms with Crippen molar-refractivity contribution in [1.82, 2.24) is 5.32 Å². The van der Waals surface area contributed by atoms with E-state index in [4.69, 9.17) is 4.74 Å². The van der Waals surface area contributed by atoms with Gasteiger partial charge in [0.2, 0.25) is 0 Å². The van der Waals surface area contributed by atoms with Gasteiger partial charge in [0.05, 0.1) is 0 Å². The van der Waals surface area contributed by atoms with Gasteiger partial charge in [0.1, 0.15) is 34.5 Å². The van der Waals surface area contributed by atoms with E-state index in [0.29, 0.717) is 11.5 Å². The highest BCUT2D eigenvalue weighted by molar-refractivity contribution is 5.94. The van der Waals surface area contributed by atoms with Crippen molar-refractivity contribution >= 4 is 5.91 Å². The van der Waals surface area contributed by atoms with E-state index in [-0.39, 0.29) is 12.4 Å². The summed E-state index contributed by atoms with van der Waals surface area (Å²) >= 11 is 0. The Hall–Kier alpha value is -3.28. The second-order valence-corrected chi connectivity index (χ2v) is 5.48. The molecule has 0 atom stereocenters. The molecule has 132 valence electrons. The van der Waals surface area contributed by atoms with Crippen molar-refractivity contribution < 1.29 is 22.7 Å². The van der Waals surface area contributed by atoms with E-state index in [1.165, 1.54) is 30.3 Å². The summed E-state index contributed by atoms with van der Waals surface area (Å²) in [5.41, 5.74) is 0.116. The van der Waals surface area contributed by atoms with Crippen LogP contribution in [0.3, 0.4) is 0 Å². The van der Waals surface area contributed by atoms with Gasteiger partial charge in [0, 0.05) is 6.54 Å². The number of ether oxygens (including phenoxy) is 1. The fraction of sp³-hybridized carbons (Fsp3) is 0.0500. The van der Waals surface area contributed by atoms with Gasteiger partial charge in [-0.2, -0.15) is 0 Å². The maximum absolute atomic E-state index is 13.6. The van der Waals surface area contributed by atoms with Crippen molar-refractivity contribution in [1.29, 1.82) is 0 Å². The molecule has 0 unspecified atom stereocenters. The van der Waals surface area contributed by atoms with Gasteiger partial charge in [-0.3, -0.25) is 4.79 Å². The maximum Gasteiger partial charge on any atom is 0.257 e. The molecule has 0 bridgehead atoms. The third-order valence-electron chi connectivity index (χ3n) is 3.62. The van der Waals surface area contributed by atoms with Crippen LogP contribution in [0.5, 0.6) is 11.5 Å². The van der Waals surface area contributed by atoms with Gasteiger partial charge in [-0.1, -0.05) is 18.2 Å². The average molecular weight is 357 g/mol. The highest BCUT2D eigenvalue weighted by Gasteiger charge is 2.16. The number of carbonyl (C=O) groups excluding carboxylic acids is 1. The minimum absolute atomic E-state index is 0.101. The van der Waals surface area contributed by atoms with Crippen molar-refractivity contribution in [2.45, 2.75) is 6.54 Å². The molecular weight excluding hydrogens is 343 g/mol. The van der Waals surface area contributed by atoms with Crippen LogP contribution in [0.25, 0.3) is 0 Å². The zero-order valence-corrected chi connectivity index (χ0v) is 13.5. The van der Waals surface area contributed by atoms with Crippen molar-refractivity contribution in [2.75, 3.05) is 0 Å². The number of carbonyl (C=O) groups is 1. The number of nitrogens with one attached hydrogen (secondary N) is 1. The Bertz CT molecular complexity index is 889. The van der Waals surface area contributed by atoms with E-state index < -0.39 is 23.1 Å². The number of halogens is 3. The van der Waals surface area contributed by atoms with Crippen molar-refractivity contribution in [2.24, 2.45) is 0 Å². The molecule has 0 aliphatic heterocycles. The molecular formula is C20H14F3NO2. The Labute approximate surface area is 148 Å². The molecule has 3 nitrogen and oxygen atoms in total. The molecule has 3 aromatic carbocycles. The predicted molar refractivity (Wildman–Crippen MR) is 90.4 cm³/mol. The van der Waals surface area contributed by atoms with Crippen LogP contribution in [-0.2, 0) is 6.54 Å². The molecule has 6 heteroatoms. The Morgan fingerprint density at radius 3 is 1.92 bits per heavy atom. The zero-order chi connectivity index (χ0) is 18.5. The van der Waals surface area contributed by atoms with Gasteiger partial charge in [-0.25, -0.2) is 13.2 Å². The number of amides is 1. The summed E-state index contributed by atoms with van der Waals surface area (Å²) in [6.45, 7) is 0.101. The quantitative estimate of drug-likeness (QED) is 0.711. The van der Waals surface area contributed by atoms with Crippen molar-refractivity contribution in [3.63, 3.8) is 0 Å². The normalized spacial score (nSPS) is 10.4. The molecule has 3 rings (SSSR count). The molecule has 0 radical (unpaired) electrons. The molecule has 0 aliphatic carbocycles. The van der Waals surface area contributed by atoms with E-state index in [1.54, 1.807) is 24.3 Å². The van der Waals surface area contributed by atoms with Crippen LogP contribution in [0.1, 0.15) is 15.9 Å². The van der Waals surface area contributed by atoms with Crippen LogP contribution in [0.15, 0.2) is 66.7 Å². The van der Waals surface area contributed by atoms with Crippen LogP contribution < -0.4 is 10.1 Å². The van der Waals surface area contributed by atoms with Crippen molar-refractivity contribution in [3.05, 3.63) is 95.3 Å². The number of rotatable bonds is 5. The summed E-state index contributed by atoms with van der Waals surface area (Å²) in [5, 5.41) is 2.47.